The first-order valence-electron chi connectivity index (χ1n) is 9.44. The summed E-state index contributed by atoms with van der Waals surface area (Å²) in [5, 5.41) is 14.6. The van der Waals surface area contributed by atoms with Crippen LogP contribution >= 0.6 is 11.3 Å². The summed E-state index contributed by atoms with van der Waals surface area (Å²) in [6.07, 6.45) is 1.86. The van der Waals surface area contributed by atoms with Crippen molar-refractivity contribution in [1.82, 2.24) is 9.88 Å². The second-order valence-corrected chi connectivity index (χ2v) is 7.86. The number of ether oxygens (including phenoxy) is 2. The quantitative estimate of drug-likeness (QED) is 0.439. The molecular weight excluding hydrogens is 440 g/mol. The summed E-state index contributed by atoms with van der Waals surface area (Å²) in [6, 6.07) is 5.64. The van der Waals surface area contributed by atoms with Gasteiger partial charge >= 0.3 is 0 Å². The highest BCUT2D eigenvalue weighted by Gasteiger charge is 2.31. The molecule has 3 heterocycles. The molecule has 1 aliphatic rings. The molecule has 0 unspecified atom stereocenters. The molecule has 0 bridgehead atoms. The van der Waals surface area contributed by atoms with E-state index in [4.69, 9.17) is 13.9 Å². The summed E-state index contributed by atoms with van der Waals surface area (Å²) < 4.78 is 15.4. The number of anilines is 1. The smallest absolute Gasteiger partial charge is 0.293 e. The SMILES string of the molecule is COc1cc(C(=O)N2CCc3nc(NC(=O)c4ccco4)sc3C2)c([N+](=O)[O-])cc1OC. The largest absolute Gasteiger partial charge is 0.493 e. The standard InChI is InChI=1S/C20H18N4O7S/c1-29-15-8-11(13(24(27)28)9-16(15)30-2)19(26)23-6-5-12-17(10-23)32-20(21-12)22-18(25)14-4-3-7-31-14/h3-4,7-9H,5-6,10H2,1-2H3,(H,21,22,25). The molecule has 1 aromatic carbocycles. The number of rotatable bonds is 6. The summed E-state index contributed by atoms with van der Waals surface area (Å²) in [5.74, 6) is -0.375. The Labute approximate surface area is 185 Å². The molecule has 0 radical (unpaired) electrons. The molecule has 2 aromatic heterocycles. The average Bonchev–Trinajstić information content (AvgIpc) is 3.46. The van der Waals surface area contributed by atoms with E-state index >= 15 is 0 Å². The fourth-order valence-electron chi connectivity index (χ4n) is 3.35. The van der Waals surface area contributed by atoms with E-state index < -0.39 is 16.7 Å². The summed E-state index contributed by atoms with van der Waals surface area (Å²) in [5.41, 5.74) is 0.316. The Hall–Kier alpha value is -3.93. The van der Waals surface area contributed by atoms with Gasteiger partial charge in [-0.1, -0.05) is 11.3 Å². The van der Waals surface area contributed by atoms with Crippen molar-refractivity contribution in [3.05, 3.63) is 62.5 Å². The molecule has 166 valence electrons. The zero-order chi connectivity index (χ0) is 22.8. The van der Waals surface area contributed by atoms with Gasteiger partial charge in [0.15, 0.2) is 22.4 Å². The van der Waals surface area contributed by atoms with Crippen molar-refractivity contribution in [2.75, 3.05) is 26.1 Å². The van der Waals surface area contributed by atoms with E-state index in [9.17, 15) is 19.7 Å². The number of thiazole rings is 1. The molecule has 0 aliphatic carbocycles. The summed E-state index contributed by atoms with van der Waals surface area (Å²) >= 11 is 1.24. The van der Waals surface area contributed by atoms with Crippen LogP contribution in [0.3, 0.4) is 0 Å². The molecule has 0 fully saturated rings. The minimum absolute atomic E-state index is 0.0908. The van der Waals surface area contributed by atoms with E-state index in [1.807, 2.05) is 0 Å². The van der Waals surface area contributed by atoms with Crippen LogP contribution in [-0.4, -0.2) is 47.4 Å². The molecule has 3 aromatic rings. The van der Waals surface area contributed by atoms with Crippen molar-refractivity contribution < 1.29 is 28.4 Å². The van der Waals surface area contributed by atoms with Crippen LogP contribution in [0.15, 0.2) is 34.9 Å². The number of furan rings is 1. The van der Waals surface area contributed by atoms with E-state index in [0.29, 0.717) is 18.1 Å². The molecule has 0 atom stereocenters. The van der Waals surface area contributed by atoms with Gasteiger partial charge in [0.25, 0.3) is 17.5 Å². The topological polar surface area (TPSA) is 137 Å². The number of hydrogen-bond donors (Lipinski definition) is 1. The summed E-state index contributed by atoms with van der Waals surface area (Å²) in [6.45, 7) is 0.542. The number of nitro groups is 1. The number of nitrogens with one attached hydrogen (secondary N) is 1. The number of carbonyl (C=O) groups is 2. The highest BCUT2D eigenvalue weighted by atomic mass is 32.1. The van der Waals surface area contributed by atoms with E-state index in [-0.39, 0.29) is 35.1 Å². The van der Waals surface area contributed by atoms with Crippen molar-refractivity contribution in [3.8, 4) is 11.5 Å². The van der Waals surface area contributed by atoms with Crippen LogP contribution in [0.4, 0.5) is 10.8 Å². The van der Waals surface area contributed by atoms with Gasteiger partial charge in [-0.2, -0.15) is 0 Å². The third kappa shape index (κ3) is 3.99. The molecule has 11 nitrogen and oxygen atoms in total. The first-order valence-corrected chi connectivity index (χ1v) is 10.3. The first-order chi connectivity index (χ1) is 15.4. The van der Waals surface area contributed by atoms with E-state index in [0.717, 1.165) is 10.6 Å². The third-order valence-electron chi connectivity index (χ3n) is 4.91. The number of hydrogen-bond acceptors (Lipinski definition) is 9. The minimum atomic E-state index is -0.625. The molecule has 1 N–H and O–H groups in total. The molecule has 32 heavy (non-hydrogen) atoms. The van der Waals surface area contributed by atoms with Gasteiger partial charge in [0.05, 0.1) is 43.7 Å². The number of aromatic nitrogens is 1. The zero-order valence-corrected chi connectivity index (χ0v) is 17.9. The fourth-order valence-corrected chi connectivity index (χ4v) is 4.37. The molecule has 0 spiro atoms. The minimum Gasteiger partial charge on any atom is -0.493 e. The Balaban J connectivity index is 1.56. The van der Waals surface area contributed by atoms with Gasteiger partial charge in [0.1, 0.15) is 5.56 Å². The number of nitro benzene ring substituents is 1. The Morgan fingerprint density at radius 1 is 1.28 bits per heavy atom. The van der Waals surface area contributed by atoms with Crippen LogP contribution in [0.25, 0.3) is 0 Å². The van der Waals surface area contributed by atoms with Crippen molar-refractivity contribution in [2.24, 2.45) is 0 Å². The zero-order valence-electron chi connectivity index (χ0n) is 17.1. The molecule has 0 saturated carbocycles. The maximum Gasteiger partial charge on any atom is 0.293 e. The van der Waals surface area contributed by atoms with Crippen LogP contribution in [-0.2, 0) is 13.0 Å². The van der Waals surface area contributed by atoms with Gasteiger partial charge < -0.3 is 18.8 Å². The number of fused-ring (bicyclic) bond motifs is 1. The highest BCUT2D eigenvalue weighted by Crippen LogP contribution is 2.36. The van der Waals surface area contributed by atoms with Crippen LogP contribution in [0, 0.1) is 10.1 Å². The molecule has 12 heteroatoms. The van der Waals surface area contributed by atoms with E-state index in [1.165, 1.54) is 48.9 Å². The average molecular weight is 458 g/mol. The van der Waals surface area contributed by atoms with Gasteiger partial charge in [-0.3, -0.25) is 25.0 Å². The molecule has 0 saturated heterocycles. The van der Waals surface area contributed by atoms with Gasteiger partial charge in [-0.25, -0.2) is 4.98 Å². The lowest BCUT2D eigenvalue weighted by Crippen LogP contribution is -2.35. The Kier molecular flexibility index (Phi) is 5.77. The number of amides is 2. The van der Waals surface area contributed by atoms with E-state index in [1.54, 1.807) is 12.1 Å². The van der Waals surface area contributed by atoms with Gasteiger partial charge in [-0.15, -0.1) is 0 Å². The third-order valence-corrected chi connectivity index (χ3v) is 5.91. The summed E-state index contributed by atoms with van der Waals surface area (Å²) in [7, 11) is 2.75. The summed E-state index contributed by atoms with van der Waals surface area (Å²) in [4.78, 5) is 43.0. The van der Waals surface area contributed by atoms with Crippen LogP contribution in [0.1, 0.15) is 31.5 Å². The van der Waals surface area contributed by atoms with Crippen LogP contribution in [0.2, 0.25) is 0 Å². The molecule has 4 rings (SSSR count). The molecule has 1 aliphatic heterocycles. The van der Waals surface area contributed by atoms with Crippen LogP contribution < -0.4 is 14.8 Å². The van der Waals surface area contributed by atoms with Gasteiger partial charge in [0, 0.05) is 23.9 Å². The fraction of sp³-hybridized carbons (Fsp3) is 0.250. The predicted molar refractivity (Wildman–Crippen MR) is 113 cm³/mol. The molecule has 2 amide bonds. The van der Waals surface area contributed by atoms with E-state index in [2.05, 4.69) is 10.3 Å². The first kappa shape index (κ1) is 21.3. The van der Waals surface area contributed by atoms with Gasteiger partial charge in [0.2, 0.25) is 0 Å². The monoisotopic (exact) mass is 458 g/mol. The number of carbonyl (C=O) groups excluding carboxylic acids is 2. The normalized spacial score (nSPS) is 12.8. The Morgan fingerprint density at radius 3 is 2.69 bits per heavy atom. The maximum atomic E-state index is 13.2. The van der Waals surface area contributed by atoms with Gasteiger partial charge in [-0.05, 0) is 12.1 Å². The Morgan fingerprint density at radius 2 is 2.03 bits per heavy atom. The predicted octanol–water partition coefficient (Wildman–Crippen LogP) is 3.11. The second kappa shape index (κ2) is 8.67. The molecular formula is C20H18N4O7S. The Bertz CT molecular complexity index is 1190. The number of nitrogens with zero attached hydrogens (tertiary/aromatic N) is 3. The number of benzene rings is 1. The van der Waals surface area contributed by atoms with Crippen molar-refractivity contribution in [2.45, 2.75) is 13.0 Å². The number of methoxy groups -OCH3 is 2. The van der Waals surface area contributed by atoms with Crippen molar-refractivity contribution >= 4 is 34.0 Å². The lowest BCUT2D eigenvalue weighted by molar-refractivity contribution is -0.385. The lowest BCUT2D eigenvalue weighted by Gasteiger charge is -2.26. The van der Waals surface area contributed by atoms with Crippen molar-refractivity contribution in [3.63, 3.8) is 0 Å². The van der Waals surface area contributed by atoms with Crippen LogP contribution in [0.5, 0.6) is 11.5 Å². The van der Waals surface area contributed by atoms with Crippen molar-refractivity contribution in [1.29, 1.82) is 0 Å². The lowest BCUT2D eigenvalue weighted by atomic mass is 10.1. The highest BCUT2D eigenvalue weighted by molar-refractivity contribution is 7.15. The second-order valence-electron chi connectivity index (χ2n) is 6.78. The maximum absolute atomic E-state index is 13.2.